The summed E-state index contributed by atoms with van der Waals surface area (Å²) in [7, 11) is 0. The van der Waals surface area contributed by atoms with E-state index in [4.69, 9.17) is 11.6 Å². The molecule has 1 aliphatic rings. The third-order valence-electron chi connectivity index (χ3n) is 1.45. The summed E-state index contributed by atoms with van der Waals surface area (Å²) in [5, 5.41) is 4.19. The Morgan fingerprint density at radius 3 is 3.10 bits per heavy atom. The van der Waals surface area contributed by atoms with Gasteiger partial charge in [-0.15, -0.1) is 0 Å². The van der Waals surface area contributed by atoms with Crippen LogP contribution in [0.1, 0.15) is 19.8 Å². The molecule has 0 aliphatic carbocycles. The van der Waals surface area contributed by atoms with Gasteiger partial charge in [0.2, 0.25) is 0 Å². The Hall–Kier alpha value is -0.570. The van der Waals surface area contributed by atoms with Gasteiger partial charge in [0.25, 0.3) is 0 Å². The van der Waals surface area contributed by atoms with E-state index in [1.807, 2.05) is 6.92 Å². The lowest BCUT2D eigenvalue weighted by molar-refractivity contribution is -0.120. The number of carbonyl (C=O) groups is 1. The average molecular weight is 161 g/mol. The predicted molar refractivity (Wildman–Crippen MR) is 40.1 cm³/mol. The largest absolute Gasteiger partial charge is 0.298 e. The van der Waals surface area contributed by atoms with Crippen molar-refractivity contribution in [1.29, 1.82) is 0 Å². The lowest BCUT2D eigenvalue weighted by Gasteiger charge is -2.04. The fourth-order valence-corrected chi connectivity index (χ4v) is 1.04. The van der Waals surface area contributed by atoms with Crippen LogP contribution in [-0.4, -0.2) is 17.0 Å². The first-order valence-corrected chi connectivity index (χ1v) is 3.62. The van der Waals surface area contributed by atoms with Gasteiger partial charge in [-0.1, -0.05) is 18.5 Å². The van der Waals surface area contributed by atoms with Crippen LogP contribution in [0.25, 0.3) is 0 Å². The number of Topliss-reactive ketones (excluding diaryl/α,β-unsaturated/α-hetero) is 1. The second-order valence-corrected chi connectivity index (χ2v) is 2.63. The first kappa shape index (κ1) is 7.54. The van der Waals surface area contributed by atoms with E-state index in [0.29, 0.717) is 18.0 Å². The van der Waals surface area contributed by atoms with E-state index in [-0.39, 0.29) is 11.8 Å². The Morgan fingerprint density at radius 1 is 2.00 bits per heavy atom. The van der Waals surface area contributed by atoms with Gasteiger partial charge >= 0.3 is 0 Å². The minimum absolute atomic E-state index is 0.166. The molecular weight excluding hydrogens is 152 g/mol. The fourth-order valence-electron chi connectivity index (χ4n) is 0.840. The molecule has 0 spiro atoms. The normalized spacial score (nSPS) is 23.8. The molecule has 0 aromatic heterocycles. The van der Waals surface area contributed by atoms with Crippen LogP contribution in [0.15, 0.2) is 5.10 Å². The van der Waals surface area contributed by atoms with Gasteiger partial charge < -0.3 is 0 Å². The zero-order valence-corrected chi connectivity index (χ0v) is 6.48. The number of carbonyl (C=O) groups excluding carboxylic acids is 1. The number of hydrogen-bond donors (Lipinski definition) is 1. The number of hydrogen-bond acceptors (Lipinski definition) is 3. The van der Waals surface area contributed by atoms with Crippen LogP contribution >= 0.6 is 11.6 Å². The minimum Gasteiger partial charge on any atom is -0.298 e. The highest BCUT2D eigenvalue weighted by atomic mass is 35.5. The van der Waals surface area contributed by atoms with Crippen LogP contribution in [0.3, 0.4) is 0 Å². The van der Waals surface area contributed by atoms with E-state index in [2.05, 4.69) is 10.5 Å². The number of hydrazone groups is 1. The smallest absolute Gasteiger partial charge is 0.156 e. The predicted octanol–water partition coefficient (Wildman–Crippen LogP) is 0.880. The SMILES string of the molecule is CCC(=O)C1CC(Cl)=NN1. The molecule has 4 heteroatoms. The second kappa shape index (κ2) is 3.01. The van der Waals surface area contributed by atoms with Crippen LogP contribution in [0.5, 0.6) is 0 Å². The molecule has 56 valence electrons. The zero-order chi connectivity index (χ0) is 7.56. The van der Waals surface area contributed by atoms with Gasteiger partial charge in [0, 0.05) is 12.8 Å². The van der Waals surface area contributed by atoms with E-state index in [0.717, 1.165) is 0 Å². The summed E-state index contributed by atoms with van der Waals surface area (Å²) in [5.41, 5.74) is 2.66. The van der Waals surface area contributed by atoms with Gasteiger partial charge in [0.15, 0.2) is 5.78 Å². The molecule has 0 fully saturated rings. The first-order chi connectivity index (χ1) is 4.74. The van der Waals surface area contributed by atoms with Crippen molar-refractivity contribution in [2.45, 2.75) is 25.8 Å². The van der Waals surface area contributed by atoms with Crippen LogP contribution in [-0.2, 0) is 4.79 Å². The summed E-state index contributed by atoms with van der Waals surface area (Å²) in [6, 6.07) is -0.169. The Balaban J connectivity index is 2.42. The van der Waals surface area contributed by atoms with Crippen molar-refractivity contribution < 1.29 is 4.79 Å². The van der Waals surface area contributed by atoms with Crippen molar-refractivity contribution >= 4 is 22.6 Å². The highest BCUT2D eigenvalue weighted by Crippen LogP contribution is 2.08. The van der Waals surface area contributed by atoms with Gasteiger partial charge in [-0.3, -0.25) is 10.2 Å². The molecule has 0 radical (unpaired) electrons. The van der Waals surface area contributed by atoms with Crippen molar-refractivity contribution in [2.75, 3.05) is 0 Å². The maximum Gasteiger partial charge on any atom is 0.156 e. The van der Waals surface area contributed by atoms with Gasteiger partial charge in [0.05, 0.1) is 0 Å². The Labute approximate surface area is 64.4 Å². The molecule has 1 unspecified atom stereocenters. The summed E-state index contributed by atoms with van der Waals surface area (Å²) in [6.45, 7) is 1.83. The molecule has 1 N–H and O–H groups in total. The Kier molecular flexibility index (Phi) is 2.27. The molecule has 0 bridgehead atoms. The molecule has 1 rings (SSSR count). The summed E-state index contributed by atoms with van der Waals surface area (Å²) in [5.74, 6) is 0.166. The van der Waals surface area contributed by atoms with Gasteiger partial charge in [-0.05, 0) is 0 Å². The van der Waals surface area contributed by atoms with E-state index in [9.17, 15) is 4.79 Å². The van der Waals surface area contributed by atoms with Gasteiger partial charge in [0.1, 0.15) is 11.2 Å². The molecule has 3 nitrogen and oxygen atoms in total. The quantitative estimate of drug-likeness (QED) is 0.652. The van der Waals surface area contributed by atoms with Gasteiger partial charge in [-0.25, -0.2) is 0 Å². The van der Waals surface area contributed by atoms with E-state index in [1.165, 1.54) is 0 Å². The Bertz CT molecular complexity index is 179. The third-order valence-corrected chi connectivity index (χ3v) is 1.69. The maximum atomic E-state index is 11.0. The molecule has 0 saturated heterocycles. The van der Waals surface area contributed by atoms with Crippen molar-refractivity contribution in [3.05, 3.63) is 0 Å². The minimum atomic E-state index is -0.169. The molecule has 1 heterocycles. The number of nitrogens with one attached hydrogen (secondary N) is 1. The van der Waals surface area contributed by atoms with Crippen molar-refractivity contribution in [1.82, 2.24) is 5.43 Å². The lowest BCUT2D eigenvalue weighted by Crippen LogP contribution is -2.28. The molecule has 0 aromatic carbocycles. The van der Waals surface area contributed by atoms with E-state index >= 15 is 0 Å². The number of nitrogens with zero attached hydrogens (tertiary/aromatic N) is 1. The first-order valence-electron chi connectivity index (χ1n) is 3.24. The summed E-state index contributed by atoms with van der Waals surface area (Å²) < 4.78 is 0. The summed E-state index contributed by atoms with van der Waals surface area (Å²) in [4.78, 5) is 11.0. The zero-order valence-electron chi connectivity index (χ0n) is 5.72. The standard InChI is InChI=1S/C6H9ClN2O/c1-2-5(10)4-3-6(7)9-8-4/h4,8H,2-3H2,1H3. The Morgan fingerprint density at radius 2 is 2.70 bits per heavy atom. The average Bonchev–Trinajstić information content (AvgIpc) is 2.34. The van der Waals surface area contributed by atoms with E-state index < -0.39 is 0 Å². The lowest BCUT2D eigenvalue weighted by atomic mass is 10.1. The van der Waals surface area contributed by atoms with Crippen molar-refractivity contribution in [2.24, 2.45) is 5.10 Å². The molecule has 0 amide bonds. The molecule has 10 heavy (non-hydrogen) atoms. The number of ketones is 1. The number of halogens is 1. The third kappa shape index (κ3) is 1.48. The molecular formula is C6H9ClN2O. The van der Waals surface area contributed by atoms with Crippen LogP contribution < -0.4 is 5.43 Å². The fraction of sp³-hybridized carbons (Fsp3) is 0.667. The van der Waals surface area contributed by atoms with Gasteiger partial charge in [-0.2, -0.15) is 5.10 Å². The second-order valence-electron chi connectivity index (χ2n) is 2.19. The molecule has 1 atom stereocenters. The maximum absolute atomic E-state index is 11.0. The molecule has 1 aliphatic heterocycles. The van der Waals surface area contributed by atoms with Crippen LogP contribution in [0.4, 0.5) is 0 Å². The van der Waals surface area contributed by atoms with E-state index in [1.54, 1.807) is 0 Å². The highest BCUT2D eigenvalue weighted by molar-refractivity contribution is 6.65. The molecule has 0 aromatic rings. The van der Waals surface area contributed by atoms with Crippen molar-refractivity contribution in [3.8, 4) is 0 Å². The highest BCUT2D eigenvalue weighted by Gasteiger charge is 2.22. The monoisotopic (exact) mass is 160 g/mol. The van der Waals surface area contributed by atoms with Crippen LogP contribution in [0, 0.1) is 0 Å². The topological polar surface area (TPSA) is 41.5 Å². The van der Waals surface area contributed by atoms with Crippen molar-refractivity contribution in [3.63, 3.8) is 0 Å². The van der Waals surface area contributed by atoms with Crippen LogP contribution in [0.2, 0.25) is 0 Å². The molecule has 0 saturated carbocycles. The summed E-state index contributed by atoms with van der Waals surface area (Å²) in [6.07, 6.45) is 1.09. The summed E-state index contributed by atoms with van der Waals surface area (Å²) >= 11 is 5.54. The number of rotatable bonds is 2.